The van der Waals surface area contributed by atoms with E-state index in [1.165, 1.54) is 25.9 Å². The highest BCUT2D eigenvalue weighted by molar-refractivity contribution is 6.35. The zero-order chi connectivity index (χ0) is 28.5. The second-order valence-corrected chi connectivity index (χ2v) is 13.6. The number of rotatable bonds is 7. The lowest BCUT2D eigenvalue weighted by molar-refractivity contribution is 0.126. The molecule has 2 aromatic heterocycles. The van der Waals surface area contributed by atoms with Gasteiger partial charge >= 0.3 is 6.01 Å². The van der Waals surface area contributed by atoms with Gasteiger partial charge in [0, 0.05) is 60.0 Å². The number of ether oxygens (including phenoxy) is 1. The van der Waals surface area contributed by atoms with Crippen molar-refractivity contribution >= 4 is 39.2 Å². The number of benzene rings is 2. The van der Waals surface area contributed by atoms with E-state index in [0.29, 0.717) is 33.8 Å². The molecule has 3 aliphatic heterocycles. The van der Waals surface area contributed by atoms with Gasteiger partial charge in [0.15, 0.2) is 5.82 Å². The molecule has 42 heavy (non-hydrogen) atoms. The maximum Gasteiger partial charge on any atom is 0.319 e. The van der Waals surface area contributed by atoms with Gasteiger partial charge in [-0.3, -0.25) is 5.10 Å². The van der Waals surface area contributed by atoms with E-state index < -0.39 is 5.82 Å². The predicted octanol–water partition coefficient (Wildman–Crippen LogP) is 5.72. The van der Waals surface area contributed by atoms with Gasteiger partial charge < -0.3 is 19.9 Å². The highest BCUT2D eigenvalue weighted by Crippen LogP contribution is 2.48. The molecule has 8 nitrogen and oxygen atoms in total. The quantitative estimate of drug-likeness (QED) is 0.285. The van der Waals surface area contributed by atoms with E-state index in [1.54, 1.807) is 6.20 Å². The summed E-state index contributed by atoms with van der Waals surface area (Å²) in [4.78, 5) is 14.5. The molecule has 1 saturated carbocycles. The lowest BCUT2D eigenvalue weighted by Gasteiger charge is -2.48. The van der Waals surface area contributed by atoms with Crippen LogP contribution in [0.5, 0.6) is 6.01 Å². The molecule has 0 amide bonds. The number of hydrogen-bond acceptors (Lipinski definition) is 7. The molecule has 4 aliphatic rings. The Morgan fingerprint density at radius 1 is 1.00 bits per heavy atom. The summed E-state index contributed by atoms with van der Waals surface area (Å²) in [5, 5.41) is 12.4. The van der Waals surface area contributed by atoms with Crippen molar-refractivity contribution in [2.24, 2.45) is 10.8 Å². The fourth-order valence-electron chi connectivity index (χ4n) is 7.34. The van der Waals surface area contributed by atoms with Crippen LogP contribution in [0.25, 0.3) is 32.9 Å². The minimum Gasteiger partial charge on any atom is -0.463 e. The molecular weight excluding hydrogens is 553 g/mol. The summed E-state index contributed by atoms with van der Waals surface area (Å²) in [6.07, 6.45) is 8.73. The second-order valence-electron chi connectivity index (χ2n) is 13.2. The fourth-order valence-corrected chi connectivity index (χ4v) is 7.62. The first-order valence-corrected chi connectivity index (χ1v) is 15.7. The van der Waals surface area contributed by atoms with Gasteiger partial charge in [-0.05, 0) is 81.6 Å². The summed E-state index contributed by atoms with van der Waals surface area (Å²) in [6, 6.07) is 6.01. The first-order valence-electron chi connectivity index (χ1n) is 15.4. The number of aromatic amines is 1. The minimum absolute atomic E-state index is 0.148. The zero-order valence-electron chi connectivity index (χ0n) is 24.1. The van der Waals surface area contributed by atoms with E-state index in [-0.39, 0.29) is 16.9 Å². The van der Waals surface area contributed by atoms with E-state index in [2.05, 4.69) is 25.3 Å². The van der Waals surface area contributed by atoms with Crippen LogP contribution in [0.4, 0.5) is 10.2 Å². The zero-order valence-corrected chi connectivity index (χ0v) is 24.9. The van der Waals surface area contributed by atoms with Crippen LogP contribution in [-0.2, 0) is 0 Å². The van der Waals surface area contributed by atoms with Crippen LogP contribution in [0.3, 0.4) is 0 Å². The van der Waals surface area contributed by atoms with Crippen molar-refractivity contribution in [2.75, 3.05) is 57.3 Å². The Labute approximate surface area is 250 Å². The third kappa shape index (κ3) is 4.52. The van der Waals surface area contributed by atoms with Crippen molar-refractivity contribution < 1.29 is 9.13 Å². The fraction of sp³-hybridized carbons (Fsp3) is 0.531. The van der Waals surface area contributed by atoms with Crippen molar-refractivity contribution in [3.8, 4) is 17.1 Å². The topological polar surface area (TPSA) is 82.2 Å². The van der Waals surface area contributed by atoms with Gasteiger partial charge in [0.1, 0.15) is 11.3 Å². The number of likely N-dealkylation sites (tertiary alicyclic amines) is 1. The molecule has 1 aliphatic carbocycles. The molecule has 0 radical (unpaired) electrons. The molecule has 3 saturated heterocycles. The molecule has 10 heteroatoms. The SMILES string of the molecule is Cc1ccc2[nH]ncc2c1-c1c(Cl)cc2c(N3CCC4(CC3)CNC4)nc(OCC3(CN4CCCC4)CC3)nc2c1F. The smallest absolute Gasteiger partial charge is 0.319 e. The van der Waals surface area contributed by atoms with Gasteiger partial charge in [-0.15, -0.1) is 0 Å². The second kappa shape index (κ2) is 10.0. The molecule has 2 aromatic carbocycles. The van der Waals surface area contributed by atoms with Gasteiger partial charge in [0.2, 0.25) is 0 Å². The Morgan fingerprint density at radius 3 is 2.50 bits per heavy atom. The maximum atomic E-state index is 16.8. The number of nitrogens with one attached hydrogen (secondary N) is 2. The molecule has 0 atom stereocenters. The monoisotopic (exact) mass is 589 g/mol. The summed E-state index contributed by atoms with van der Waals surface area (Å²) in [5.41, 5.74) is 3.60. The van der Waals surface area contributed by atoms with Crippen LogP contribution in [0, 0.1) is 23.6 Å². The molecule has 0 unspecified atom stereocenters. The summed E-state index contributed by atoms with van der Waals surface area (Å²) in [7, 11) is 0. The highest BCUT2D eigenvalue weighted by atomic mass is 35.5. The van der Waals surface area contributed by atoms with Crippen molar-refractivity contribution in [2.45, 2.75) is 45.4 Å². The number of hydrogen-bond donors (Lipinski definition) is 2. The third-order valence-electron chi connectivity index (χ3n) is 10.3. The molecular formula is C32H37ClFN7O. The lowest BCUT2D eigenvalue weighted by atomic mass is 9.73. The van der Waals surface area contributed by atoms with Crippen molar-refractivity contribution in [1.82, 2.24) is 30.4 Å². The Balaban J connectivity index is 1.20. The molecule has 5 heterocycles. The van der Waals surface area contributed by atoms with E-state index >= 15 is 4.39 Å². The minimum atomic E-state index is -0.447. The first-order chi connectivity index (χ1) is 20.4. The number of aryl methyl sites for hydroxylation is 1. The largest absolute Gasteiger partial charge is 0.463 e. The Bertz CT molecular complexity index is 1660. The first kappa shape index (κ1) is 26.6. The Hall–Kier alpha value is -3.01. The third-order valence-corrected chi connectivity index (χ3v) is 10.6. The summed E-state index contributed by atoms with van der Waals surface area (Å²) in [6.45, 7) is 9.78. The maximum absolute atomic E-state index is 16.8. The summed E-state index contributed by atoms with van der Waals surface area (Å²) >= 11 is 6.93. The average molecular weight is 590 g/mol. The van der Waals surface area contributed by atoms with Crippen LogP contribution in [0.15, 0.2) is 24.4 Å². The molecule has 1 spiro atoms. The molecule has 4 aromatic rings. The summed E-state index contributed by atoms with van der Waals surface area (Å²) in [5.74, 6) is 0.268. The van der Waals surface area contributed by atoms with Crippen LogP contribution in [-0.4, -0.2) is 77.5 Å². The Morgan fingerprint density at radius 2 is 1.79 bits per heavy atom. The molecule has 8 rings (SSSR count). The predicted molar refractivity (Wildman–Crippen MR) is 164 cm³/mol. The van der Waals surface area contributed by atoms with Crippen LogP contribution in [0.1, 0.15) is 44.1 Å². The molecule has 0 bridgehead atoms. The summed E-state index contributed by atoms with van der Waals surface area (Å²) < 4.78 is 23.2. The lowest BCUT2D eigenvalue weighted by Crippen LogP contribution is -2.58. The van der Waals surface area contributed by atoms with Gasteiger partial charge in [0.25, 0.3) is 0 Å². The van der Waals surface area contributed by atoms with Gasteiger partial charge in [-0.25, -0.2) is 4.39 Å². The van der Waals surface area contributed by atoms with Crippen LogP contribution in [0.2, 0.25) is 5.02 Å². The normalized spacial score (nSPS) is 21.4. The number of nitrogens with zero attached hydrogens (tertiary/aromatic N) is 5. The Kier molecular flexibility index (Phi) is 6.35. The van der Waals surface area contributed by atoms with E-state index in [4.69, 9.17) is 26.3 Å². The molecule has 4 fully saturated rings. The van der Waals surface area contributed by atoms with Crippen molar-refractivity contribution in [3.05, 3.63) is 40.8 Å². The number of aromatic nitrogens is 4. The average Bonchev–Trinajstić information content (AvgIpc) is 3.31. The highest BCUT2D eigenvalue weighted by Gasteiger charge is 2.45. The number of piperidine rings is 1. The van der Waals surface area contributed by atoms with Gasteiger partial charge in [0.05, 0.1) is 23.3 Å². The van der Waals surface area contributed by atoms with Crippen molar-refractivity contribution in [3.63, 3.8) is 0 Å². The number of halogens is 2. The number of fused-ring (bicyclic) bond motifs is 2. The van der Waals surface area contributed by atoms with Gasteiger partial charge in [-0.1, -0.05) is 17.7 Å². The molecule has 220 valence electrons. The van der Waals surface area contributed by atoms with Gasteiger partial charge in [-0.2, -0.15) is 15.1 Å². The standard InChI is InChI=1S/C32H37ClFN7O/c1-20-4-5-24-22(15-36-39-24)25(20)26-23(33)14-21-28(27(26)34)37-30(42-19-32(6-7-32)18-40-10-2-3-11-40)38-29(21)41-12-8-31(9-13-41)16-35-17-31/h4-5,14-15,35H,2-3,6-13,16-19H2,1H3,(H,36,39). The molecule has 2 N–H and O–H groups in total. The van der Waals surface area contributed by atoms with Crippen LogP contribution >= 0.6 is 11.6 Å². The number of H-pyrrole nitrogens is 1. The van der Waals surface area contributed by atoms with Crippen molar-refractivity contribution in [1.29, 1.82) is 0 Å². The van der Waals surface area contributed by atoms with E-state index in [9.17, 15) is 0 Å². The van der Waals surface area contributed by atoms with E-state index in [1.807, 2.05) is 25.1 Å². The number of anilines is 1. The van der Waals surface area contributed by atoms with E-state index in [0.717, 1.165) is 80.4 Å². The van der Waals surface area contributed by atoms with Crippen LogP contribution < -0.4 is 15.0 Å².